The van der Waals surface area contributed by atoms with Crippen molar-refractivity contribution in [1.29, 1.82) is 0 Å². The highest BCUT2D eigenvalue weighted by atomic mass is 32.1. The van der Waals surface area contributed by atoms with Crippen molar-refractivity contribution in [2.24, 2.45) is 0 Å². The van der Waals surface area contributed by atoms with Crippen molar-refractivity contribution in [3.8, 4) is 0 Å². The number of halogens is 1. The lowest BCUT2D eigenvalue weighted by molar-refractivity contribution is 0.236. The van der Waals surface area contributed by atoms with Gasteiger partial charge in [0.15, 0.2) is 0 Å². The van der Waals surface area contributed by atoms with E-state index in [2.05, 4.69) is 15.6 Å². The maximum Gasteiger partial charge on any atom is 0.315 e. The summed E-state index contributed by atoms with van der Waals surface area (Å²) in [6, 6.07) is 4.41. The Hall–Kier alpha value is -1.95. The zero-order chi connectivity index (χ0) is 14.8. The van der Waals surface area contributed by atoms with Gasteiger partial charge in [-0.2, -0.15) is 0 Å². The first kappa shape index (κ1) is 14.0. The molecular formula is C15H16FN3OS. The molecule has 0 spiro atoms. The second-order valence-electron chi connectivity index (χ2n) is 5.13. The number of nitrogens with one attached hydrogen (secondary N) is 2. The Balaban J connectivity index is 1.58. The third-order valence-corrected chi connectivity index (χ3v) is 4.47. The van der Waals surface area contributed by atoms with E-state index in [0.29, 0.717) is 6.54 Å². The predicted octanol–water partition coefficient (Wildman–Crippen LogP) is 3.08. The van der Waals surface area contributed by atoms with E-state index >= 15 is 0 Å². The number of rotatable bonds is 3. The first-order chi connectivity index (χ1) is 10.1. The maximum atomic E-state index is 13.3. The highest BCUT2D eigenvalue weighted by Crippen LogP contribution is 2.31. The van der Waals surface area contributed by atoms with E-state index in [1.54, 1.807) is 23.6 Å². The standard InChI is InChI=1S/C15H16FN3OS/c1-9-7-17-14(21-9)8-18-15(20)19-13-5-3-10-2-4-11(16)6-12(10)13/h2,4,6-7,13H,3,5,8H2,1H3,(H2,18,19,20). The molecule has 1 heterocycles. The largest absolute Gasteiger partial charge is 0.332 e. The van der Waals surface area contributed by atoms with E-state index < -0.39 is 0 Å². The summed E-state index contributed by atoms with van der Waals surface area (Å²) in [6.45, 7) is 2.39. The Morgan fingerprint density at radius 3 is 3.14 bits per heavy atom. The first-order valence-corrected chi connectivity index (χ1v) is 7.67. The molecule has 0 aliphatic heterocycles. The molecule has 3 rings (SSSR count). The Morgan fingerprint density at radius 2 is 2.38 bits per heavy atom. The number of hydrogen-bond acceptors (Lipinski definition) is 3. The lowest BCUT2D eigenvalue weighted by Crippen LogP contribution is -2.36. The van der Waals surface area contributed by atoms with Gasteiger partial charge in [-0.25, -0.2) is 14.2 Å². The van der Waals surface area contributed by atoms with Crippen molar-refractivity contribution in [3.05, 3.63) is 51.2 Å². The van der Waals surface area contributed by atoms with Crippen LogP contribution in [0.15, 0.2) is 24.4 Å². The summed E-state index contributed by atoms with van der Waals surface area (Å²) in [7, 11) is 0. The highest BCUT2D eigenvalue weighted by molar-refractivity contribution is 7.11. The number of nitrogens with zero attached hydrogens (tertiary/aromatic N) is 1. The van der Waals surface area contributed by atoms with Gasteiger partial charge in [0.05, 0.1) is 12.6 Å². The van der Waals surface area contributed by atoms with Gasteiger partial charge in [0.25, 0.3) is 0 Å². The Labute approximate surface area is 126 Å². The van der Waals surface area contributed by atoms with Crippen LogP contribution in [0.4, 0.5) is 9.18 Å². The van der Waals surface area contributed by atoms with Crippen molar-refractivity contribution in [2.45, 2.75) is 32.4 Å². The third kappa shape index (κ3) is 3.21. The molecule has 1 aliphatic carbocycles. The average molecular weight is 305 g/mol. The Kier molecular flexibility index (Phi) is 3.88. The topological polar surface area (TPSA) is 54.0 Å². The summed E-state index contributed by atoms with van der Waals surface area (Å²) in [5.74, 6) is -0.263. The number of thiazole rings is 1. The van der Waals surface area contributed by atoms with Crippen LogP contribution in [0.3, 0.4) is 0 Å². The third-order valence-electron chi connectivity index (χ3n) is 3.56. The predicted molar refractivity (Wildman–Crippen MR) is 79.7 cm³/mol. The van der Waals surface area contributed by atoms with E-state index in [0.717, 1.165) is 33.9 Å². The zero-order valence-electron chi connectivity index (χ0n) is 11.6. The molecule has 2 N–H and O–H groups in total. The van der Waals surface area contributed by atoms with Crippen molar-refractivity contribution < 1.29 is 9.18 Å². The van der Waals surface area contributed by atoms with E-state index in [9.17, 15) is 9.18 Å². The zero-order valence-corrected chi connectivity index (χ0v) is 12.5. The minimum Gasteiger partial charge on any atom is -0.332 e. The molecule has 0 fully saturated rings. The second kappa shape index (κ2) is 5.81. The van der Waals surface area contributed by atoms with Gasteiger partial charge >= 0.3 is 6.03 Å². The SMILES string of the molecule is Cc1cnc(CNC(=O)NC2CCc3ccc(F)cc32)s1. The monoisotopic (exact) mass is 305 g/mol. The van der Waals surface area contributed by atoms with Crippen LogP contribution < -0.4 is 10.6 Å². The molecule has 0 bridgehead atoms. The molecule has 0 saturated carbocycles. The summed E-state index contributed by atoms with van der Waals surface area (Å²) in [5, 5.41) is 6.56. The molecule has 0 radical (unpaired) electrons. The molecule has 4 nitrogen and oxygen atoms in total. The van der Waals surface area contributed by atoms with Crippen LogP contribution in [-0.2, 0) is 13.0 Å². The van der Waals surface area contributed by atoms with Crippen LogP contribution in [0.5, 0.6) is 0 Å². The molecule has 1 aliphatic rings. The fourth-order valence-electron chi connectivity index (χ4n) is 2.57. The number of benzene rings is 1. The molecule has 1 atom stereocenters. The van der Waals surface area contributed by atoms with Crippen molar-refractivity contribution in [2.75, 3.05) is 0 Å². The Bertz CT molecular complexity index is 671. The Morgan fingerprint density at radius 1 is 1.52 bits per heavy atom. The fourth-order valence-corrected chi connectivity index (χ4v) is 3.30. The summed E-state index contributed by atoms with van der Waals surface area (Å²) < 4.78 is 13.3. The van der Waals surface area contributed by atoms with Gasteiger partial charge in [-0.15, -0.1) is 11.3 Å². The molecule has 2 aromatic rings. The van der Waals surface area contributed by atoms with Gasteiger partial charge in [-0.1, -0.05) is 6.07 Å². The summed E-state index contributed by atoms with van der Waals surface area (Å²) in [6.07, 6.45) is 3.46. The van der Waals surface area contributed by atoms with Crippen LogP contribution in [0.1, 0.15) is 33.5 Å². The van der Waals surface area contributed by atoms with Gasteiger partial charge < -0.3 is 10.6 Å². The van der Waals surface area contributed by atoms with Gasteiger partial charge in [0, 0.05) is 11.1 Å². The number of carbonyl (C=O) groups excluding carboxylic acids is 1. The average Bonchev–Trinajstić information content (AvgIpc) is 3.04. The molecule has 1 aromatic heterocycles. The number of urea groups is 1. The lowest BCUT2D eigenvalue weighted by atomic mass is 10.1. The minimum atomic E-state index is -0.263. The highest BCUT2D eigenvalue weighted by Gasteiger charge is 2.24. The minimum absolute atomic E-state index is 0.117. The number of aromatic nitrogens is 1. The van der Waals surface area contributed by atoms with Crippen LogP contribution >= 0.6 is 11.3 Å². The molecule has 1 unspecified atom stereocenters. The van der Waals surface area contributed by atoms with E-state index in [-0.39, 0.29) is 17.9 Å². The molecular weight excluding hydrogens is 289 g/mol. The van der Waals surface area contributed by atoms with Crippen molar-refractivity contribution in [1.82, 2.24) is 15.6 Å². The second-order valence-corrected chi connectivity index (χ2v) is 6.45. The van der Waals surface area contributed by atoms with E-state index in [4.69, 9.17) is 0 Å². The molecule has 21 heavy (non-hydrogen) atoms. The lowest BCUT2D eigenvalue weighted by Gasteiger charge is -2.14. The van der Waals surface area contributed by atoms with Gasteiger partial charge in [0.2, 0.25) is 0 Å². The molecule has 110 valence electrons. The van der Waals surface area contributed by atoms with Gasteiger partial charge in [-0.05, 0) is 43.0 Å². The van der Waals surface area contributed by atoms with Crippen molar-refractivity contribution in [3.63, 3.8) is 0 Å². The number of hydrogen-bond donors (Lipinski definition) is 2. The molecule has 2 amide bonds. The quantitative estimate of drug-likeness (QED) is 0.915. The number of fused-ring (bicyclic) bond motifs is 1. The summed E-state index contributed by atoms with van der Waals surface area (Å²) in [4.78, 5) is 17.2. The van der Waals surface area contributed by atoms with Crippen LogP contribution in [-0.4, -0.2) is 11.0 Å². The van der Waals surface area contributed by atoms with Crippen LogP contribution in [0.25, 0.3) is 0 Å². The number of aryl methyl sites for hydroxylation is 2. The fraction of sp³-hybridized carbons (Fsp3) is 0.333. The summed E-state index contributed by atoms with van der Waals surface area (Å²) in [5.41, 5.74) is 1.99. The van der Waals surface area contributed by atoms with E-state index in [1.807, 2.05) is 6.92 Å². The van der Waals surface area contributed by atoms with Crippen molar-refractivity contribution >= 4 is 17.4 Å². The van der Waals surface area contributed by atoms with Crippen LogP contribution in [0, 0.1) is 12.7 Å². The number of carbonyl (C=O) groups is 1. The van der Waals surface area contributed by atoms with Gasteiger partial charge in [0.1, 0.15) is 10.8 Å². The van der Waals surface area contributed by atoms with Gasteiger partial charge in [-0.3, -0.25) is 0 Å². The summed E-state index contributed by atoms with van der Waals surface area (Å²) >= 11 is 1.56. The normalized spacial score (nSPS) is 16.6. The molecule has 1 aromatic carbocycles. The van der Waals surface area contributed by atoms with Crippen LogP contribution in [0.2, 0.25) is 0 Å². The van der Waals surface area contributed by atoms with E-state index in [1.165, 1.54) is 12.1 Å². The smallest absolute Gasteiger partial charge is 0.315 e. The number of amides is 2. The molecule has 6 heteroatoms. The first-order valence-electron chi connectivity index (χ1n) is 6.86. The maximum absolute atomic E-state index is 13.3. The molecule has 0 saturated heterocycles.